The predicted octanol–water partition coefficient (Wildman–Crippen LogP) is 0.200. The Morgan fingerprint density at radius 3 is 2.45 bits per heavy atom. The first-order chi connectivity index (χ1) is 5.35. The van der Waals surface area contributed by atoms with E-state index in [0.717, 1.165) is 37.4 Å². The van der Waals surface area contributed by atoms with E-state index < -0.39 is 0 Å². The second-order valence-corrected chi connectivity index (χ2v) is 2.76. The van der Waals surface area contributed by atoms with Crippen LogP contribution in [0.5, 0.6) is 0 Å². The van der Waals surface area contributed by atoms with Crippen LogP contribution < -0.4 is 5.26 Å². The Labute approximate surface area is 71.5 Å². The molecule has 0 rings (SSSR count). The van der Waals surface area contributed by atoms with Gasteiger partial charge in [-0.3, -0.25) is 5.04 Å². The molecule has 68 valence electrons. The zero-order valence-corrected chi connectivity index (χ0v) is 7.73. The third kappa shape index (κ3) is 6.58. The Bertz CT molecular complexity index is 80.2. The fourth-order valence-corrected chi connectivity index (χ4v) is 1.20. The van der Waals surface area contributed by atoms with Gasteiger partial charge in [0.2, 0.25) is 0 Å². The van der Waals surface area contributed by atoms with Crippen LogP contribution in [-0.4, -0.2) is 30.3 Å². The normalized spacial score (nSPS) is 10.9. The lowest BCUT2D eigenvalue weighted by Gasteiger charge is -2.16. The van der Waals surface area contributed by atoms with Crippen molar-refractivity contribution in [2.75, 3.05) is 25.4 Å². The first-order valence-electron chi connectivity index (χ1n) is 3.65. The minimum Gasteiger partial charge on any atom is -0.691 e. The number of hydrogen-bond acceptors (Lipinski definition) is 5. The molecule has 0 radical (unpaired) electrons. The van der Waals surface area contributed by atoms with Crippen molar-refractivity contribution in [2.45, 2.75) is 13.8 Å². The lowest BCUT2D eigenvalue weighted by Crippen LogP contribution is -2.25. The molecule has 0 saturated carbocycles. The average molecular weight is 180 g/mol. The summed E-state index contributed by atoms with van der Waals surface area (Å²) in [6.07, 6.45) is 0. The summed E-state index contributed by atoms with van der Waals surface area (Å²) in [6.45, 7) is 7.16. The fraction of sp³-hybridized carbons (Fsp3) is 1.00. The Balaban J connectivity index is 3.07. The average Bonchev–Trinajstić information content (AvgIpc) is 2.05. The molecular weight excluding hydrogens is 166 g/mol. The lowest BCUT2D eigenvalue weighted by atomic mass is 10.5. The van der Waals surface area contributed by atoms with Crippen molar-refractivity contribution in [3.63, 3.8) is 0 Å². The van der Waals surface area contributed by atoms with Gasteiger partial charge in [0.1, 0.15) is 0 Å². The maximum absolute atomic E-state index is 9.36. The second-order valence-electron chi connectivity index (χ2n) is 1.98. The molecule has 0 saturated heterocycles. The van der Waals surface area contributed by atoms with Crippen molar-refractivity contribution in [3.8, 4) is 0 Å². The minimum atomic E-state index is 0.754. The van der Waals surface area contributed by atoms with Gasteiger partial charge in [-0.15, -0.1) is 0 Å². The quantitative estimate of drug-likeness (QED) is 0.242. The summed E-state index contributed by atoms with van der Waals surface area (Å²) in [5, 5.41) is 12.5. The van der Waals surface area contributed by atoms with Crippen molar-refractivity contribution >= 4 is 12.0 Å². The van der Waals surface area contributed by atoms with E-state index in [4.69, 9.17) is 0 Å². The van der Waals surface area contributed by atoms with Crippen molar-refractivity contribution in [1.29, 1.82) is 0 Å². The van der Waals surface area contributed by atoms with E-state index >= 15 is 0 Å². The van der Waals surface area contributed by atoms with Gasteiger partial charge >= 0.3 is 0 Å². The van der Waals surface area contributed by atoms with Crippen molar-refractivity contribution < 1.29 is 14.6 Å². The van der Waals surface area contributed by atoms with E-state index in [0.29, 0.717) is 0 Å². The van der Waals surface area contributed by atoms with Gasteiger partial charge in [-0.25, -0.2) is 0 Å². The lowest BCUT2D eigenvalue weighted by molar-refractivity contribution is -0.777. The van der Waals surface area contributed by atoms with Gasteiger partial charge in [0, 0.05) is 24.3 Å². The van der Waals surface area contributed by atoms with Gasteiger partial charge < -0.3 is 10.2 Å². The first kappa shape index (κ1) is 11.2. The SMILES string of the molecule is CCN(CC)CCSOO[O-]. The third-order valence-electron chi connectivity index (χ3n) is 1.46. The van der Waals surface area contributed by atoms with E-state index in [1.165, 1.54) is 0 Å². The van der Waals surface area contributed by atoms with Crippen LogP contribution in [0.2, 0.25) is 0 Å². The van der Waals surface area contributed by atoms with Crippen molar-refractivity contribution in [2.24, 2.45) is 0 Å². The molecule has 0 bridgehead atoms. The summed E-state index contributed by atoms with van der Waals surface area (Å²) < 4.78 is 4.11. The summed E-state index contributed by atoms with van der Waals surface area (Å²) in [7, 11) is 0. The number of nitrogens with zero attached hydrogens (tertiary/aromatic N) is 1. The molecule has 0 aromatic rings. The van der Waals surface area contributed by atoms with Crippen LogP contribution in [-0.2, 0) is 9.37 Å². The summed E-state index contributed by atoms with van der Waals surface area (Å²) >= 11 is 1.04. The van der Waals surface area contributed by atoms with Gasteiger partial charge in [-0.2, -0.15) is 4.33 Å². The minimum absolute atomic E-state index is 0.754. The highest BCUT2D eigenvalue weighted by Crippen LogP contribution is 2.01. The zero-order chi connectivity index (χ0) is 8.53. The molecule has 0 aliphatic carbocycles. The van der Waals surface area contributed by atoms with E-state index in [1.54, 1.807) is 0 Å². The summed E-state index contributed by atoms with van der Waals surface area (Å²) in [5.74, 6) is 0.754. The molecule has 0 fully saturated rings. The monoisotopic (exact) mass is 180 g/mol. The van der Waals surface area contributed by atoms with E-state index in [2.05, 4.69) is 28.1 Å². The van der Waals surface area contributed by atoms with E-state index in [-0.39, 0.29) is 0 Å². The van der Waals surface area contributed by atoms with Crippen LogP contribution in [0.3, 0.4) is 0 Å². The van der Waals surface area contributed by atoms with Gasteiger partial charge in [-0.05, 0) is 13.1 Å². The van der Waals surface area contributed by atoms with Gasteiger partial charge in [0.25, 0.3) is 0 Å². The third-order valence-corrected chi connectivity index (χ3v) is 1.96. The Hall–Kier alpha value is 0.190. The van der Waals surface area contributed by atoms with Crippen LogP contribution in [0.25, 0.3) is 0 Å². The van der Waals surface area contributed by atoms with Crippen molar-refractivity contribution in [1.82, 2.24) is 4.90 Å². The molecule has 0 unspecified atom stereocenters. The molecule has 4 nitrogen and oxygen atoms in total. The number of hydrogen-bond donors (Lipinski definition) is 0. The first-order valence-corrected chi connectivity index (χ1v) is 4.56. The van der Waals surface area contributed by atoms with Crippen molar-refractivity contribution in [3.05, 3.63) is 0 Å². The molecule has 0 aliphatic heterocycles. The Morgan fingerprint density at radius 1 is 1.36 bits per heavy atom. The summed E-state index contributed by atoms with van der Waals surface area (Å²) in [6, 6.07) is 0. The highest BCUT2D eigenvalue weighted by atomic mass is 32.2. The molecule has 5 heteroatoms. The number of rotatable bonds is 7. The molecule has 0 atom stereocenters. The van der Waals surface area contributed by atoms with Gasteiger partial charge in [0.15, 0.2) is 0 Å². The molecule has 0 aromatic heterocycles. The Morgan fingerprint density at radius 2 is 2.00 bits per heavy atom. The van der Waals surface area contributed by atoms with Crippen LogP contribution in [0.4, 0.5) is 0 Å². The molecule has 0 aliphatic rings. The molecule has 0 spiro atoms. The molecule has 11 heavy (non-hydrogen) atoms. The van der Waals surface area contributed by atoms with Crippen LogP contribution in [0.15, 0.2) is 0 Å². The van der Waals surface area contributed by atoms with Crippen LogP contribution in [0.1, 0.15) is 13.8 Å². The smallest absolute Gasteiger partial charge is 0.0356 e. The highest BCUT2D eigenvalue weighted by Gasteiger charge is 1.97. The van der Waals surface area contributed by atoms with E-state index in [9.17, 15) is 5.26 Å². The molecular formula is C6H14NO3S-. The van der Waals surface area contributed by atoms with E-state index in [1.807, 2.05) is 0 Å². The topological polar surface area (TPSA) is 44.8 Å². The van der Waals surface area contributed by atoms with Gasteiger partial charge in [-0.1, -0.05) is 13.8 Å². The fourth-order valence-electron chi connectivity index (χ4n) is 0.760. The van der Waals surface area contributed by atoms with Crippen LogP contribution in [0, 0.1) is 0 Å². The summed E-state index contributed by atoms with van der Waals surface area (Å²) in [5.41, 5.74) is 0. The predicted molar refractivity (Wildman–Crippen MR) is 42.4 cm³/mol. The molecule has 0 aromatic carbocycles. The van der Waals surface area contributed by atoms with Gasteiger partial charge in [0.05, 0.1) is 0 Å². The Kier molecular flexibility index (Phi) is 8.43. The highest BCUT2D eigenvalue weighted by molar-refractivity contribution is 7.94. The zero-order valence-electron chi connectivity index (χ0n) is 6.91. The maximum atomic E-state index is 9.36. The second kappa shape index (κ2) is 8.29. The molecule has 0 amide bonds. The summed E-state index contributed by atoms with van der Waals surface area (Å²) in [4.78, 5) is 2.24. The standard InChI is InChI=1S/C6H15NO3S/c1-3-7(4-2)5-6-11-10-9-8/h8H,3-6H2,1-2H3/p-1. The van der Waals surface area contributed by atoms with Crippen LogP contribution >= 0.6 is 12.0 Å². The molecule has 0 heterocycles. The molecule has 0 N–H and O–H groups in total. The maximum Gasteiger partial charge on any atom is 0.0356 e. The largest absolute Gasteiger partial charge is 0.691 e.